The zero-order chi connectivity index (χ0) is 9.66. The fourth-order valence-electron chi connectivity index (χ4n) is 0.594. The molecule has 0 aliphatic heterocycles. The number of hydrogen-bond donors (Lipinski definition) is 1. The Labute approximate surface area is 75.9 Å². The maximum atomic E-state index is 9.56. The molecule has 0 heterocycles. The Morgan fingerprint density at radius 1 is 1.08 bits per heavy atom. The Hall–Kier alpha value is -0.660. The van der Waals surface area contributed by atoms with Crippen molar-refractivity contribution in [3.05, 3.63) is 0 Å². The fraction of sp³-hybridized carbons (Fsp3) is 0.800. The van der Waals surface area contributed by atoms with Crippen molar-refractivity contribution in [3.8, 4) is 0 Å². The molecule has 0 spiro atoms. The first-order valence-corrected chi connectivity index (χ1v) is 4.76. The highest BCUT2D eigenvalue weighted by molar-refractivity contribution is 5.52. The molecular formula is C10H21NO. The molecule has 0 aromatic carbocycles. The third-order valence-corrected chi connectivity index (χ3v) is 1.38. The smallest absolute Gasteiger partial charge is 0.119 e. The van der Waals surface area contributed by atoms with Gasteiger partial charge >= 0.3 is 0 Å². The van der Waals surface area contributed by atoms with Crippen molar-refractivity contribution in [1.82, 2.24) is 0 Å². The third kappa shape index (κ3) is 22.8. The van der Waals surface area contributed by atoms with Crippen molar-refractivity contribution in [2.45, 2.75) is 52.4 Å². The molecule has 72 valence electrons. The zero-order valence-corrected chi connectivity index (χ0v) is 8.31. The van der Waals surface area contributed by atoms with Gasteiger partial charge in [0, 0.05) is 6.42 Å². The lowest BCUT2D eigenvalue weighted by molar-refractivity contribution is -0.107. The van der Waals surface area contributed by atoms with E-state index in [2.05, 4.69) is 13.8 Å². The van der Waals surface area contributed by atoms with Crippen molar-refractivity contribution in [3.63, 3.8) is 0 Å². The van der Waals surface area contributed by atoms with Crippen LogP contribution >= 0.6 is 0 Å². The monoisotopic (exact) mass is 171 g/mol. The molecule has 12 heavy (non-hydrogen) atoms. The summed E-state index contributed by atoms with van der Waals surface area (Å²) < 4.78 is 0. The minimum absolute atomic E-state index is 0.733. The minimum atomic E-state index is 0.733. The van der Waals surface area contributed by atoms with Crippen LogP contribution in [0, 0.1) is 5.41 Å². The zero-order valence-electron chi connectivity index (χ0n) is 8.31. The van der Waals surface area contributed by atoms with Gasteiger partial charge in [0.25, 0.3) is 0 Å². The minimum Gasteiger partial charge on any atom is -0.313 e. The highest BCUT2D eigenvalue weighted by Gasteiger charge is 1.75. The van der Waals surface area contributed by atoms with E-state index in [0.29, 0.717) is 0 Å². The van der Waals surface area contributed by atoms with Crippen LogP contribution in [0.5, 0.6) is 0 Å². The number of unbranched alkanes of at least 4 members (excludes halogenated alkanes) is 4. The Bertz CT molecular complexity index is 79.8. The summed E-state index contributed by atoms with van der Waals surface area (Å²) in [7, 11) is 0. The average Bonchev–Trinajstić information content (AvgIpc) is 2.12. The van der Waals surface area contributed by atoms with E-state index in [-0.39, 0.29) is 0 Å². The first-order valence-electron chi connectivity index (χ1n) is 4.76. The van der Waals surface area contributed by atoms with Crippen LogP contribution in [-0.2, 0) is 4.79 Å². The van der Waals surface area contributed by atoms with Gasteiger partial charge in [-0.3, -0.25) is 0 Å². The standard InChI is InChI=1S/C5H11N.C5H10O/c2*1-2-3-4-5-6/h5-6H,2-4H2,1H3;5H,2-4H2,1H3. The van der Waals surface area contributed by atoms with Crippen molar-refractivity contribution in [1.29, 1.82) is 5.41 Å². The SMILES string of the molecule is CCCCC=N.CCCCC=O. The summed E-state index contributed by atoms with van der Waals surface area (Å²) in [5.41, 5.74) is 0. The topological polar surface area (TPSA) is 40.9 Å². The van der Waals surface area contributed by atoms with Crippen LogP contribution in [0.3, 0.4) is 0 Å². The van der Waals surface area contributed by atoms with Crippen LogP contribution < -0.4 is 0 Å². The lowest BCUT2D eigenvalue weighted by Crippen LogP contribution is -1.70. The van der Waals surface area contributed by atoms with Crippen LogP contribution in [-0.4, -0.2) is 12.5 Å². The predicted octanol–water partition coefficient (Wildman–Crippen LogP) is 3.20. The van der Waals surface area contributed by atoms with Gasteiger partial charge < -0.3 is 10.2 Å². The van der Waals surface area contributed by atoms with E-state index in [0.717, 1.165) is 32.0 Å². The van der Waals surface area contributed by atoms with Crippen LogP contribution in [0.4, 0.5) is 0 Å². The van der Waals surface area contributed by atoms with Crippen LogP contribution in [0.15, 0.2) is 0 Å². The molecule has 0 unspecified atom stereocenters. The Morgan fingerprint density at radius 3 is 1.75 bits per heavy atom. The second kappa shape index (κ2) is 16.7. The van der Waals surface area contributed by atoms with Gasteiger partial charge in [-0.2, -0.15) is 0 Å². The number of carbonyl (C=O) groups excluding carboxylic acids is 1. The molecule has 0 aliphatic rings. The highest BCUT2D eigenvalue weighted by atomic mass is 16.1. The van der Waals surface area contributed by atoms with Gasteiger partial charge in [0.05, 0.1) is 0 Å². The summed E-state index contributed by atoms with van der Waals surface area (Å²) in [4.78, 5) is 9.56. The molecule has 0 aromatic rings. The lowest BCUT2D eigenvalue weighted by atomic mass is 10.3. The number of nitrogens with one attached hydrogen (secondary N) is 1. The van der Waals surface area contributed by atoms with Gasteiger partial charge in [0.15, 0.2) is 0 Å². The molecule has 0 atom stereocenters. The van der Waals surface area contributed by atoms with Crippen molar-refractivity contribution in [2.24, 2.45) is 0 Å². The van der Waals surface area contributed by atoms with Crippen LogP contribution in [0.25, 0.3) is 0 Å². The van der Waals surface area contributed by atoms with Gasteiger partial charge in [-0.1, -0.05) is 26.7 Å². The van der Waals surface area contributed by atoms with Gasteiger partial charge in [-0.25, -0.2) is 0 Å². The number of hydrogen-bond acceptors (Lipinski definition) is 2. The summed E-state index contributed by atoms with van der Waals surface area (Å²) in [6.07, 6.45) is 8.65. The molecule has 0 saturated carbocycles. The van der Waals surface area contributed by atoms with E-state index < -0.39 is 0 Å². The molecule has 0 aromatic heterocycles. The van der Waals surface area contributed by atoms with Crippen LogP contribution in [0.1, 0.15) is 52.4 Å². The summed E-state index contributed by atoms with van der Waals surface area (Å²) in [5.74, 6) is 0. The average molecular weight is 171 g/mol. The van der Waals surface area contributed by atoms with Crippen molar-refractivity contribution >= 4 is 12.5 Å². The van der Waals surface area contributed by atoms with E-state index >= 15 is 0 Å². The second-order valence-corrected chi connectivity index (χ2v) is 2.66. The van der Waals surface area contributed by atoms with Gasteiger partial charge in [-0.15, -0.1) is 0 Å². The van der Waals surface area contributed by atoms with E-state index in [1.54, 1.807) is 0 Å². The predicted molar refractivity (Wildman–Crippen MR) is 53.9 cm³/mol. The number of rotatable bonds is 6. The van der Waals surface area contributed by atoms with Crippen molar-refractivity contribution in [2.75, 3.05) is 0 Å². The van der Waals surface area contributed by atoms with Crippen LogP contribution in [0.2, 0.25) is 0 Å². The molecule has 2 nitrogen and oxygen atoms in total. The van der Waals surface area contributed by atoms with E-state index in [1.807, 2.05) is 0 Å². The van der Waals surface area contributed by atoms with Crippen molar-refractivity contribution < 1.29 is 4.79 Å². The Morgan fingerprint density at radius 2 is 1.58 bits per heavy atom. The number of carbonyl (C=O) groups is 1. The molecule has 0 fully saturated rings. The fourth-order valence-corrected chi connectivity index (χ4v) is 0.594. The molecule has 0 bridgehead atoms. The maximum absolute atomic E-state index is 9.56. The summed E-state index contributed by atoms with van der Waals surface area (Å²) in [6, 6.07) is 0. The molecular weight excluding hydrogens is 150 g/mol. The molecule has 0 radical (unpaired) electrons. The lowest BCUT2D eigenvalue weighted by Gasteiger charge is -1.80. The second-order valence-electron chi connectivity index (χ2n) is 2.66. The molecule has 0 aliphatic carbocycles. The van der Waals surface area contributed by atoms with Gasteiger partial charge in [0.2, 0.25) is 0 Å². The van der Waals surface area contributed by atoms with E-state index in [9.17, 15) is 4.79 Å². The summed E-state index contributed by atoms with van der Waals surface area (Å²) >= 11 is 0. The quantitative estimate of drug-likeness (QED) is 0.372. The number of aldehydes is 1. The third-order valence-electron chi connectivity index (χ3n) is 1.38. The molecule has 2 heteroatoms. The first-order chi connectivity index (χ1) is 5.83. The molecule has 0 saturated heterocycles. The Balaban J connectivity index is 0. The summed E-state index contributed by atoms with van der Waals surface area (Å²) in [6.45, 7) is 4.20. The van der Waals surface area contributed by atoms with E-state index in [1.165, 1.54) is 19.1 Å². The maximum Gasteiger partial charge on any atom is 0.119 e. The Kier molecular flexibility index (Phi) is 19.4. The normalized spacial score (nSPS) is 8.17. The molecule has 0 amide bonds. The highest BCUT2D eigenvalue weighted by Crippen LogP contribution is 1.87. The molecule has 1 N–H and O–H groups in total. The van der Waals surface area contributed by atoms with Gasteiger partial charge in [-0.05, 0) is 25.5 Å². The van der Waals surface area contributed by atoms with E-state index in [4.69, 9.17) is 5.41 Å². The largest absolute Gasteiger partial charge is 0.313 e. The summed E-state index contributed by atoms with van der Waals surface area (Å²) in [5, 5.41) is 6.58. The van der Waals surface area contributed by atoms with Gasteiger partial charge in [0.1, 0.15) is 6.29 Å². The molecule has 0 rings (SSSR count). The first kappa shape index (κ1) is 13.9.